The van der Waals surface area contributed by atoms with Gasteiger partial charge in [-0.15, -0.1) is 0 Å². The lowest BCUT2D eigenvalue weighted by atomic mass is 9.99. The highest BCUT2D eigenvalue weighted by Gasteiger charge is 2.05. The van der Waals surface area contributed by atoms with Crippen molar-refractivity contribution in [1.82, 2.24) is 0 Å². The lowest BCUT2D eigenvalue weighted by Gasteiger charge is -2.10. The van der Waals surface area contributed by atoms with Crippen LogP contribution in [0, 0.1) is 0 Å². The minimum Gasteiger partial charge on any atom is -0.393 e. The van der Waals surface area contributed by atoms with Gasteiger partial charge in [-0.05, 0) is 29.2 Å². The molecule has 1 atom stereocenters. The lowest BCUT2D eigenvalue weighted by Crippen LogP contribution is -2.08. The van der Waals surface area contributed by atoms with Crippen molar-refractivity contribution in [3.05, 3.63) is 48.0 Å². The van der Waals surface area contributed by atoms with Gasteiger partial charge in [0.2, 0.25) is 0 Å². The van der Waals surface area contributed by atoms with E-state index in [1.165, 1.54) is 16.3 Å². The Morgan fingerprint density at radius 2 is 1.80 bits per heavy atom. The first kappa shape index (κ1) is 10.2. The Balaban J connectivity index is 2.42. The second kappa shape index (κ2) is 4.45. The van der Waals surface area contributed by atoms with Crippen molar-refractivity contribution in [1.29, 1.82) is 0 Å². The minimum atomic E-state index is -0.226. The van der Waals surface area contributed by atoms with Crippen LogP contribution >= 0.6 is 0 Å². The van der Waals surface area contributed by atoms with E-state index in [4.69, 9.17) is 0 Å². The standard InChI is InChI=1S/C14H16O/c1-2-13(15)10-12-8-5-7-11-6-3-4-9-14(11)12/h3-9,13,15H,2,10H2,1H3/t13-/m0/s1. The van der Waals surface area contributed by atoms with Gasteiger partial charge in [0.1, 0.15) is 0 Å². The maximum atomic E-state index is 9.67. The molecule has 0 saturated heterocycles. The van der Waals surface area contributed by atoms with Gasteiger partial charge in [0.15, 0.2) is 0 Å². The maximum absolute atomic E-state index is 9.67. The number of rotatable bonds is 3. The molecule has 2 aromatic rings. The first-order chi connectivity index (χ1) is 7.31. The van der Waals surface area contributed by atoms with Crippen molar-refractivity contribution in [3.63, 3.8) is 0 Å². The zero-order chi connectivity index (χ0) is 10.7. The highest BCUT2D eigenvalue weighted by atomic mass is 16.3. The first-order valence-electron chi connectivity index (χ1n) is 5.46. The molecule has 15 heavy (non-hydrogen) atoms. The van der Waals surface area contributed by atoms with E-state index in [1.807, 2.05) is 19.1 Å². The molecule has 0 spiro atoms. The minimum absolute atomic E-state index is 0.226. The SMILES string of the molecule is CC[C@H](O)Cc1cccc2ccccc12. The average molecular weight is 200 g/mol. The van der Waals surface area contributed by atoms with Crippen molar-refractivity contribution in [2.45, 2.75) is 25.9 Å². The van der Waals surface area contributed by atoms with Crippen LogP contribution < -0.4 is 0 Å². The van der Waals surface area contributed by atoms with Gasteiger partial charge < -0.3 is 5.11 Å². The number of hydrogen-bond acceptors (Lipinski definition) is 1. The Morgan fingerprint density at radius 1 is 1.07 bits per heavy atom. The Bertz CT molecular complexity index is 443. The maximum Gasteiger partial charge on any atom is 0.0578 e. The van der Waals surface area contributed by atoms with Crippen molar-refractivity contribution in [2.24, 2.45) is 0 Å². The summed E-state index contributed by atoms with van der Waals surface area (Å²) in [7, 11) is 0. The second-order valence-electron chi connectivity index (χ2n) is 3.90. The van der Waals surface area contributed by atoms with E-state index in [0.29, 0.717) is 0 Å². The summed E-state index contributed by atoms with van der Waals surface area (Å²) in [5.41, 5.74) is 1.24. The molecule has 0 fully saturated rings. The number of fused-ring (bicyclic) bond motifs is 1. The third kappa shape index (κ3) is 2.18. The molecule has 0 heterocycles. The molecule has 0 saturated carbocycles. The van der Waals surface area contributed by atoms with E-state index in [-0.39, 0.29) is 6.10 Å². The van der Waals surface area contributed by atoms with Gasteiger partial charge >= 0.3 is 0 Å². The van der Waals surface area contributed by atoms with Gasteiger partial charge in [-0.3, -0.25) is 0 Å². The van der Waals surface area contributed by atoms with Gasteiger partial charge in [0.05, 0.1) is 6.10 Å². The molecule has 0 aromatic heterocycles. The van der Waals surface area contributed by atoms with Crippen molar-refractivity contribution in [2.75, 3.05) is 0 Å². The zero-order valence-electron chi connectivity index (χ0n) is 8.98. The van der Waals surface area contributed by atoms with Crippen molar-refractivity contribution < 1.29 is 5.11 Å². The number of hydrogen-bond donors (Lipinski definition) is 1. The summed E-state index contributed by atoms with van der Waals surface area (Å²) in [5, 5.41) is 12.2. The number of aliphatic hydroxyl groups excluding tert-OH is 1. The molecule has 0 bridgehead atoms. The van der Waals surface area contributed by atoms with Gasteiger partial charge in [-0.2, -0.15) is 0 Å². The molecule has 0 amide bonds. The summed E-state index contributed by atoms with van der Waals surface area (Å²) < 4.78 is 0. The van der Waals surface area contributed by atoms with Crippen LogP contribution in [-0.4, -0.2) is 11.2 Å². The fourth-order valence-electron chi connectivity index (χ4n) is 1.87. The molecule has 0 aliphatic heterocycles. The molecular formula is C14H16O. The van der Waals surface area contributed by atoms with Crippen LogP contribution in [0.4, 0.5) is 0 Å². The summed E-state index contributed by atoms with van der Waals surface area (Å²) in [5.74, 6) is 0. The van der Waals surface area contributed by atoms with Gasteiger partial charge in [-0.1, -0.05) is 49.4 Å². The molecule has 78 valence electrons. The summed E-state index contributed by atoms with van der Waals surface area (Å²) in [6.07, 6.45) is 1.33. The molecule has 0 aliphatic carbocycles. The fraction of sp³-hybridized carbons (Fsp3) is 0.286. The zero-order valence-corrected chi connectivity index (χ0v) is 8.98. The third-order valence-electron chi connectivity index (χ3n) is 2.81. The Morgan fingerprint density at radius 3 is 2.60 bits per heavy atom. The Labute approximate surface area is 90.4 Å². The molecule has 1 heteroatoms. The van der Waals surface area contributed by atoms with Crippen LogP contribution in [-0.2, 0) is 6.42 Å². The van der Waals surface area contributed by atoms with Crippen LogP contribution in [0.2, 0.25) is 0 Å². The number of benzene rings is 2. The van der Waals surface area contributed by atoms with Crippen LogP contribution in [0.25, 0.3) is 10.8 Å². The normalized spacial score (nSPS) is 12.9. The molecular weight excluding hydrogens is 184 g/mol. The average Bonchev–Trinajstić information content (AvgIpc) is 2.29. The summed E-state index contributed by atoms with van der Waals surface area (Å²) in [6, 6.07) is 14.6. The largest absolute Gasteiger partial charge is 0.393 e. The van der Waals surface area contributed by atoms with E-state index in [1.54, 1.807) is 0 Å². The third-order valence-corrected chi connectivity index (χ3v) is 2.81. The summed E-state index contributed by atoms with van der Waals surface area (Å²) in [6.45, 7) is 2.01. The first-order valence-corrected chi connectivity index (χ1v) is 5.46. The fourth-order valence-corrected chi connectivity index (χ4v) is 1.87. The molecule has 2 rings (SSSR count). The molecule has 1 nitrogen and oxygen atoms in total. The predicted molar refractivity (Wildman–Crippen MR) is 63.9 cm³/mol. The van der Waals surface area contributed by atoms with E-state index < -0.39 is 0 Å². The molecule has 0 aliphatic rings. The summed E-state index contributed by atoms with van der Waals surface area (Å²) >= 11 is 0. The predicted octanol–water partition coefficient (Wildman–Crippen LogP) is 3.15. The number of aliphatic hydroxyl groups is 1. The molecule has 2 aromatic carbocycles. The topological polar surface area (TPSA) is 20.2 Å². The second-order valence-corrected chi connectivity index (χ2v) is 3.90. The Hall–Kier alpha value is -1.34. The smallest absolute Gasteiger partial charge is 0.0578 e. The van der Waals surface area contributed by atoms with Crippen LogP contribution in [0.15, 0.2) is 42.5 Å². The monoisotopic (exact) mass is 200 g/mol. The molecule has 1 N–H and O–H groups in total. The Kier molecular flexibility index (Phi) is 3.02. The van der Waals surface area contributed by atoms with E-state index in [0.717, 1.165) is 12.8 Å². The van der Waals surface area contributed by atoms with Gasteiger partial charge in [-0.25, -0.2) is 0 Å². The summed E-state index contributed by atoms with van der Waals surface area (Å²) in [4.78, 5) is 0. The van der Waals surface area contributed by atoms with Crippen LogP contribution in [0.5, 0.6) is 0 Å². The van der Waals surface area contributed by atoms with Crippen LogP contribution in [0.1, 0.15) is 18.9 Å². The van der Waals surface area contributed by atoms with Gasteiger partial charge in [0, 0.05) is 0 Å². The van der Waals surface area contributed by atoms with E-state index in [2.05, 4.69) is 30.3 Å². The lowest BCUT2D eigenvalue weighted by molar-refractivity contribution is 0.171. The quantitative estimate of drug-likeness (QED) is 0.807. The van der Waals surface area contributed by atoms with Crippen molar-refractivity contribution >= 4 is 10.8 Å². The highest BCUT2D eigenvalue weighted by molar-refractivity contribution is 5.85. The van der Waals surface area contributed by atoms with E-state index >= 15 is 0 Å². The highest BCUT2D eigenvalue weighted by Crippen LogP contribution is 2.20. The van der Waals surface area contributed by atoms with Gasteiger partial charge in [0.25, 0.3) is 0 Å². The molecule has 0 unspecified atom stereocenters. The van der Waals surface area contributed by atoms with Crippen LogP contribution in [0.3, 0.4) is 0 Å². The van der Waals surface area contributed by atoms with Crippen molar-refractivity contribution in [3.8, 4) is 0 Å². The van der Waals surface area contributed by atoms with E-state index in [9.17, 15) is 5.11 Å². The molecule has 0 radical (unpaired) electrons.